The van der Waals surface area contributed by atoms with Crippen molar-refractivity contribution in [2.45, 2.75) is 13.8 Å². The van der Waals surface area contributed by atoms with Gasteiger partial charge in [-0.05, 0) is 49.7 Å². The van der Waals surface area contributed by atoms with E-state index in [0.29, 0.717) is 17.1 Å². The summed E-state index contributed by atoms with van der Waals surface area (Å²) in [6.45, 7) is 5.10. The van der Waals surface area contributed by atoms with E-state index in [2.05, 4.69) is 11.4 Å². The number of nitrogens with zero attached hydrogens (tertiary/aromatic N) is 1. The van der Waals surface area contributed by atoms with Crippen molar-refractivity contribution in [3.8, 4) is 5.75 Å². The summed E-state index contributed by atoms with van der Waals surface area (Å²) >= 11 is 0. The normalized spacial score (nSPS) is 10.2. The molecule has 0 saturated carbocycles. The first-order chi connectivity index (χ1) is 11.0. The van der Waals surface area contributed by atoms with Gasteiger partial charge in [0.1, 0.15) is 5.75 Å². The van der Waals surface area contributed by atoms with E-state index >= 15 is 0 Å². The van der Waals surface area contributed by atoms with Crippen LogP contribution in [0, 0.1) is 6.92 Å². The van der Waals surface area contributed by atoms with Gasteiger partial charge in [0.25, 0.3) is 0 Å². The predicted octanol–water partition coefficient (Wildman–Crippen LogP) is 3.05. The molecule has 0 aliphatic rings. The van der Waals surface area contributed by atoms with Crippen molar-refractivity contribution in [2.24, 2.45) is 0 Å². The van der Waals surface area contributed by atoms with Crippen molar-refractivity contribution in [3.05, 3.63) is 48.0 Å². The first-order valence-corrected chi connectivity index (χ1v) is 7.58. The number of likely N-dealkylation sites (N-methyl/N-ethyl adjacent to an activating group) is 1. The van der Waals surface area contributed by atoms with Crippen molar-refractivity contribution in [3.63, 3.8) is 0 Å². The number of benzene rings is 2. The van der Waals surface area contributed by atoms with Crippen LogP contribution < -0.4 is 20.7 Å². The lowest BCUT2D eigenvalue weighted by Crippen LogP contribution is -2.33. The third-order valence-corrected chi connectivity index (χ3v) is 3.60. The van der Waals surface area contributed by atoms with Crippen LogP contribution in [0.4, 0.5) is 17.1 Å². The van der Waals surface area contributed by atoms with Crippen LogP contribution in [0.25, 0.3) is 0 Å². The van der Waals surface area contributed by atoms with Gasteiger partial charge < -0.3 is 20.7 Å². The van der Waals surface area contributed by atoms with E-state index in [0.717, 1.165) is 12.2 Å². The number of carbonyl (C=O) groups is 1. The maximum absolute atomic E-state index is 12.3. The summed E-state index contributed by atoms with van der Waals surface area (Å²) in [5.41, 5.74) is 9.22. The fourth-order valence-corrected chi connectivity index (χ4v) is 2.40. The highest BCUT2D eigenvalue weighted by atomic mass is 16.5. The molecule has 3 N–H and O–H groups in total. The number of ether oxygens (including phenoxy) is 1. The van der Waals surface area contributed by atoms with E-state index in [9.17, 15) is 4.79 Å². The molecule has 0 radical (unpaired) electrons. The summed E-state index contributed by atoms with van der Waals surface area (Å²) in [6, 6.07) is 13.3. The Kier molecular flexibility index (Phi) is 5.46. The summed E-state index contributed by atoms with van der Waals surface area (Å²) in [5, 5.41) is 2.87. The van der Waals surface area contributed by atoms with Crippen LogP contribution in [-0.2, 0) is 4.79 Å². The first kappa shape index (κ1) is 16.7. The smallest absolute Gasteiger partial charge is 0.243 e. The second kappa shape index (κ2) is 7.54. The predicted molar refractivity (Wildman–Crippen MR) is 95.1 cm³/mol. The largest absolute Gasteiger partial charge is 0.495 e. The van der Waals surface area contributed by atoms with Gasteiger partial charge in [-0.1, -0.05) is 12.1 Å². The summed E-state index contributed by atoms with van der Waals surface area (Å²) in [6.07, 6.45) is 0. The van der Waals surface area contributed by atoms with Crippen molar-refractivity contribution >= 4 is 23.0 Å². The summed E-state index contributed by atoms with van der Waals surface area (Å²) in [5.74, 6) is 0.510. The Balaban J connectivity index is 2.04. The highest BCUT2D eigenvalue weighted by molar-refractivity contribution is 5.94. The maximum Gasteiger partial charge on any atom is 0.243 e. The molecule has 0 aromatic heterocycles. The topological polar surface area (TPSA) is 67.6 Å². The number of methoxy groups -OCH3 is 1. The van der Waals surface area contributed by atoms with Crippen molar-refractivity contribution < 1.29 is 9.53 Å². The third kappa shape index (κ3) is 4.39. The van der Waals surface area contributed by atoms with Crippen molar-refractivity contribution in [2.75, 3.05) is 36.1 Å². The highest BCUT2D eigenvalue weighted by Crippen LogP contribution is 2.24. The number of amides is 1. The molecule has 0 aliphatic heterocycles. The molecule has 0 atom stereocenters. The zero-order chi connectivity index (χ0) is 16.8. The zero-order valence-electron chi connectivity index (χ0n) is 13.8. The number of aryl methyl sites for hydroxylation is 1. The van der Waals surface area contributed by atoms with E-state index in [-0.39, 0.29) is 12.5 Å². The second-order valence-electron chi connectivity index (χ2n) is 5.36. The molecule has 1 amide bonds. The Labute approximate surface area is 137 Å². The fraction of sp³-hybridized carbons (Fsp3) is 0.278. The van der Waals surface area contributed by atoms with Crippen LogP contribution in [-0.4, -0.2) is 26.1 Å². The van der Waals surface area contributed by atoms with Crippen molar-refractivity contribution in [1.82, 2.24) is 0 Å². The van der Waals surface area contributed by atoms with Gasteiger partial charge in [-0.15, -0.1) is 0 Å². The van der Waals surface area contributed by atoms with Crippen LogP contribution in [0.15, 0.2) is 42.5 Å². The average molecular weight is 313 g/mol. The molecule has 0 fully saturated rings. The van der Waals surface area contributed by atoms with Gasteiger partial charge in [0, 0.05) is 17.9 Å². The maximum atomic E-state index is 12.3. The van der Waals surface area contributed by atoms with Gasteiger partial charge in [0.2, 0.25) is 5.91 Å². The number of anilines is 3. The molecule has 0 aliphatic carbocycles. The Hall–Kier alpha value is -2.69. The van der Waals surface area contributed by atoms with E-state index in [1.54, 1.807) is 25.3 Å². The standard InChI is InChI=1S/C18H23N3O2/c1-4-21(15-7-5-6-13(2)10-15)12-18(22)20-14-8-9-17(23-3)16(19)11-14/h5-11H,4,12,19H2,1-3H3,(H,20,22). The molecule has 0 saturated heterocycles. The minimum Gasteiger partial charge on any atom is -0.495 e. The van der Waals surface area contributed by atoms with E-state index in [4.69, 9.17) is 10.5 Å². The lowest BCUT2D eigenvalue weighted by atomic mass is 10.2. The number of nitrogens with two attached hydrogens (primary N) is 1. The Bertz CT molecular complexity index is 686. The highest BCUT2D eigenvalue weighted by Gasteiger charge is 2.11. The average Bonchev–Trinajstić information content (AvgIpc) is 2.52. The van der Waals surface area contributed by atoms with Gasteiger partial charge in [0.05, 0.1) is 19.3 Å². The summed E-state index contributed by atoms with van der Waals surface area (Å²) in [7, 11) is 1.56. The lowest BCUT2D eigenvalue weighted by Gasteiger charge is -2.23. The minimum absolute atomic E-state index is 0.0853. The summed E-state index contributed by atoms with van der Waals surface area (Å²) < 4.78 is 5.11. The Morgan fingerprint density at radius 1 is 1.26 bits per heavy atom. The molecule has 0 bridgehead atoms. The quantitative estimate of drug-likeness (QED) is 0.804. The summed E-state index contributed by atoms with van der Waals surface area (Å²) in [4.78, 5) is 14.3. The number of hydrogen-bond acceptors (Lipinski definition) is 4. The van der Waals surface area contributed by atoms with E-state index in [1.807, 2.05) is 36.9 Å². The van der Waals surface area contributed by atoms with Crippen LogP contribution in [0.2, 0.25) is 0 Å². The molecule has 5 nitrogen and oxygen atoms in total. The molecule has 2 rings (SSSR count). The first-order valence-electron chi connectivity index (χ1n) is 7.58. The van der Waals surface area contributed by atoms with Crippen LogP contribution in [0.5, 0.6) is 5.75 Å². The third-order valence-electron chi connectivity index (χ3n) is 3.60. The van der Waals surface area contributed by atoms with Crippen molar-refractivity contribution in [1.29, 1.82) is 0 Å². The molecule has 5 heteroatoms. The van der Waals surface area contributed by atoms with E-state index in [1.165, 1.54) is 5.56 Å². The molecule has 0 spiro atoms. The fourth-order valence-electron chi connectivity index (χ4n) is 2.40. The molecule has 23 heavy (non-hydrogen) atoms. The van der Waals surface area contributed by atoms with Gasteiger partial charge in [-0.3, -0.25) is 4.79 Å². The van der Waals surface area contributed by atoms with Crippen LogP contribution >= 0.6 is 0 Å². The molecule has 0 heterocycles. The molecule has 2 aromatic carbocycles. The van der Waals surface area contributed by atoms with Gasteiger partial charge in [0.15, 0.2) is 0 Å². The second-order valence-corrected chi connectivity index (χ2v) is 5.36. The van der Waals surface area contributed by atoms with Gasteiger partial charge >= 0.3 is 0 Å². The van der Waals surface area contributed by atoms with Gasteiger partial charge in [-0.25, -0.2) is 0 Å². The number of hydrogen-bond donors (Lipinski definition) is 2. The number of nitrogen functional groups attached to an aromatic ring is 1. The number of carbonyl (C=O) groups excluding carboxylic acids is 1. The lowest BCUT2D eigenvalue weighted by molar-refractivity contribution is -0.115. The molecular weight excluding hydrogens is 290 g/mol. The van der Waals surface area contributed by atoms with Crippen LogP contribution in [0.1, 0.15) is 12.5 Å². The van der Waals surface area contributed by atoms with E-state index < -0.39 is 0 Å². The number of rotatable bonds is 6. The molecular formula is C18H23N3O2. The molecule has 0 unspecified atom stereocenters. The Morgan fingerprint density at radius 2 is 2.04 bits per heavy atom. The van der Waals surface area contributed by atoms with Crippen LogP contribution in [0.3, 0.4) is 0 Å². The number of nitrogens with one attached hydrogen (secondary N) is 1. The van der Waals surface area contributed by atoms with Gasteiger partial charge in [-0.2, -0.15) is 0 Å². The SMILES string of the molecule is CCN(CC(=O)Nc1ccc(OC)c(N)c1)c1cccc(C)c1. The zero-order valence-corrected chi connectivity index (χ0v) is 13.8. The Morgan fingerprint density at radius 3 is 2.65 bits per heavy atom. The molecule has 122 valence electrons. The minimum atomic E-state index is -0.0853. The monoisotopic (exact) mass is 313 g/mol. The molecule has 2 aromatic rings.